The van der Waals surface area contributed by atoms with Gasteiger partial charge in [0, 0.05) is 31.0 Å². The van der Waals surface area contributed by atoms with Crippen LogP contribution in [0.5, 0.6) is 0 Å². The van der Waals surface area contributed by atoms with Crippen molar-refractivity contribution in [2.45, 2.75) is 24.8 Å². The average Bonchev–Trinajstić information content (AvgIpc) is 3.27. The molecule has 1 aliphatic heterocycles. The van der Waals surface area contributed by atoms with Gasteiger partial charge in [0.2, 0.25) is 0 Å². The lowest BCUT2D eigenvalue weighted by atomic mass is 9.73. The molecule has 2 heterocycles. The Kier molecular flexibility index (Phi) is 5.16. The Morgan fingerprint density at radius 3 is 2.24 bits per heavy atom. The molecule has 0 aliphatic carbocycles. The Morgan fingerprint density at radius 2 is 1.66 bits per heavy atom. The van der Waals surface area contributed by atoms with Crippen molar-refractivity contribution >= 4 is 11.9 Å². The first-order chi connectivity index (χ1) is 14.1. The van der Waals surface area contributed by atoms with Crippen molar-refractivity contribution in [3.05, 3.63) is 89.7 Å². The van der Waals surface area contributed by atoms with Gasteiger partial charge in [-0.15, -0.1) is 0 Å². The molecular formula is C23H23N3O3. The van der Waals surface area contributed by atoms with Crippen LogP contribution < -0.4 is 0 Å². The van der Waals surface area contributed by atoms with Crippen molar-refractivity contribution in [3.63, 3.8) is 0 Å². The summed E-state index contributed by atoms with van der Waals surface area (Å²) in [6.45, 7) is 1.51. The number of amides is 1. The van der Waals surface area contributed by atoms with Crippen molar-refractivity contribution in [2.24, 2.45) is 0 Å². The summed E-state index contributed by atoms with van der Waals surface area (Å²) < 4.78 is 1.83. The Bertz CT molecular complexity index is 974. The third-order valence-corrected chi connectivity index (χ3v) is 5.74. The Hall–Kier alpha value is -3.41. The van der Waals surface area contributed by atoms with Gasteiger partial charge in [-0.1, -0.05) is 42.5 Å². The first-order valence-corrected chi connectivity index (χ1v) is 9.73. The van der Waals surface area contributed by atoms with E-state index in [2.05, 4.69) is 5.10 Å². The van der Waals surface area contributed by atoms with Crippen LogP contribution in [0, 0.1) is 0 Å². The second-order valence-corrected chi connectivity index (χ2v) is 7.45. The summed E-state index contributed by atoms with van der Waals surface area (Å²) in [7, 11) is 0. The molecule has 0 radical (unpaired) electrons. The number of hydrogen-bond acceptors (Lipinski definition) is 3. The van der Waals surface area contributed by atoms with E-state index in [4.69, 9.17) is 0 Å². The van der Waals surface area contributed by atoms with E-state index in [9.17, 15) is 14.7 Å². The maximum atomic E-state index is 12.9. The number of hydrogen-bond donors (Lipinski definition) is 1. The third kappa shape index (κ3) is 3.78. The summed E-state index contributed by atoms with van der Waals surface area (Å²) in [5.74, 6) is -0.874. The monoisotopic (exact) mass is 389 g/mol. The molecule has 0 spiro atoms. The molecule has 0 saturated carbocycles. The molecule has 0 bridgehead atoms. The lowest BCUT2D eigenvalue weighted by Gasteiger charge is -2.39. The fourth-order valence-electron chi connectivity index (χ4n) is 3.99. The Morgan fingerprint density at radius 1 is 0.966 bits per heavy atom. The number of benzene rings is 2. The summed E-state index contributed by atoms with van der Waals surface area (Å²) in [6.07, 6.45) is 4.46. The summed E-state index contributed by atoms with van der Waals surface area (Å²) in [4.78, 5) is 26.7. The van der Waals surface area contributed by atoms with E-state index in [0.29, 0.717) is 38.0 Å². The second-order valence-electron chi connectivity index (χ2n) is 7.45. The Labute approximate surface area is 169 Å². The van der Waals surface area contributed by atoms with Crippen LogP contribution in [-0.2, 0) is 16.8 Å². The van der Waals surface area contributed by atoms with Gasteiger partial charge < -0.3 is 10.0 Å². The molecule has 29 heavy (non-hydrogen) atoms. The number of carbonyl (C=O) groups is 2. The Balaban J connectivity index is 1.44. The minimum atomic E-state index is -0.925. The van der Waals surface area contributed by atoms with Crippen LogP contribution in [0.3, 0.4) is 0 Å². The molecule has 4 rings (SSSR count). The number of rotatable bonds is 5. The quantitative estimate of drug-likeness (QED) is 0.727. The molecule has 1 aromatic heterocycles. The van der Waals surface area contributed by atoms with Crippen LogP contribution in [-0.4, -0.2) is 44.8 Å². The minimum absolute atomic E-state index is 0.0531. The van der Waals surface area contributed by atoms with E-state index in [1.54, 1.807) is 11.1 Å². The fourth-order valence-corrected chi connectivity index (χ4v) is 3.99. The minimum Gasteiger partial charge on any atom is -0.481 e. The van der Waals surface area contributed by atoms with Gasteiger partial charge in [-0.2, -0.15) is 5.10 Å². The molecule has 0 unspecified atom stereocenters. The normalized spacial score (nSPS) is 15.8. The number of carboxylic acids is 1. The van der Waals surface area contributed by atoms with Crippen molar-refractivity contribution in [2.75, 3.05) is 13.1 Å². The molecular weight excluding hydrogens is 366 g/mol. The van der Waals surface area contributed by atoms with Gasteiger partial charge in [0.15, 0.2) is 0 Å². The predicted molar refractivity (Wildman–Crippen MR) is 109 cm³/mol. The second kappa shape index (κ2) is 7.91. The molecule has 2 aromatic carbocycles. The van der Waals surface area contributed by atoms with Gasteiger partial charge in [-0.3, -0.25) is 14.3 Å². The summed E-state index contributed by atoms with van der Waals surface area (Å²) in [5, 5.41) is 14.1. The number of piperidine rings is 1. The third-order valence-electron chi connectivity index (χ3n) is 5.74. The molecule has 3 aromatic rings. The zero-order chi connectivity index (χ0) is 20.3. The molecule has 6 nitrogen and oxygen atoms in total. The van der Waals surface area contributed by atoms with Crippen LogP contribution in [0.4, 0.5) is 0 Å². The van der Waals surface area contributed by atoms with E-state index in [1.807, 2.05) is 71.5 Å². The van der Waals surface area contributed by atoms with Gasteiger partial charge in [0.05, 0.1) is 12.0 Å². The van der Waals surface area contributed by atoms with Crippen LogP contribution in [0.25, 0.3) is 0 Å². The van der Waals surface area contributed by atoms with Gasteiger partial charge in [-0.25, -0.2) is 0 Å². The lowest BCUT2D eigenvalue weighted by Crippen LogP contribution is -2.49. The van der Waals surface area contributed by atoms with Crippen LogP contribution in [0.2, 0.25) is 0 Å². The highest BCUT2D eigenvalue weighted by Gasteiger charge is 2.43. The molecule has 148 valence electrons. The average molecular weight is 389 g/mol. The fraction of sp³-hybridized carbons (Fsp3) is 0.261. The number of nitrogens with zero attached hydrogens (tertiary/aromatic N) is 3. The SMILES string of the molecule is O=C(c1ccc(Cn2cccn2)cc1)N1CCC(C(=O)O)(c2ccccc2)CC1. The van der Waals surface area contributed by atoms with Gasteiger partial charge in [-0.05, 0) is 42.2 Å². The number of likely N-dealkylation sites (tertiary alicyclic amines) is 1. The topological polar surface area (TPSA) is 75.4 Å². The van der Waals surface area contributed by atoms with Crippen LogP contribution >= 0.6 is 0 Å². The molecule has 1 N–H and O–H groups in total. The van der Waals surface area contributed by atoms with Crippen LogP contribution in [0.1, 0.15) is 34.3 Å². The van der Waals surface area contributed by atoms with E-state index < -0.39 is 11.4 Å². The first kappa shape index (κ1) is 18.9. The lowest BCUT2D eigenvalue weighted by molar-refractivity contribution is -0.145. The van der Waals surface area contributed by atoms with Crippen molar-refractivity contribution < 1.29 is 14.7 Å². The van der Waals surface area contributed by atoms with E-state index in [-0.39, 0.29) is 5.91 Å². The van der Waals surface area contributed by atoms with Crippen molar-refractivity contribution in [1.82, 2.24) is 14.7 Å². The van der Waals surface area contributed by atoms with Gasteiger partial charge >= 0.3 is 5.97 Å². The largest absolute Gasteiger partial charge is 0.481 e. The maximum absolute atomic E-state index is 12.9. The number of carbonyl (C=O) groups excluding carboxylic acids is 1. The molecule has 6 heteroatoms. The van der Waals surface area contributed by atoms with Gasteiger partial charge in [0.25, 0.3) is 5.91 Å². The summed E-state index contributed by atoms with van der Waals surface area (Å²) >= 11 is 0. The maximum Gasteiger partial charge on any atom is 0.314 e. The molecule has 0 atom stereocenters. The summed E-state index contributed by atoms with van der Waals surface area (Å²) in [6, 6.07) is 18.7. The smallest absolute Gasteiger partial charge is 0.314 e. The summed E-state index contributed by atoms with van der Waals surface area (Å²) in [5.41, 5.74) is 1.57. The predicted octanol–water partition coefficient (Wildman–Crippen LogP) is 3.19. The van der Waals surface area contributed by atoms with Gasteiger partial charge in [0.1, 0.15) is 0 Å². The highest BCUT2D eigenvalue weighted by molar-refractivity contribution is 5.94. The van der Waals surface area contributed by atoms with Crippen LogP contribution in [0.15, 0.2) is 73.1 Å². The highest BCUT2D eigenvalue weighted by atomic mass is 16.4. The zero-order valence-corrected chi connectivity index (χ0v) is 16.1. The number of aliphatic carboxylic acids is 1. The molecule has 1 amide bonds. The van der Waals surface area contributed by atoms with Crippen molar-refractivity contribution in [3.8, 4) is 0 Å². The van der Waals surface area contributed by atoms with E-state index in [1.165, 1.54) is 0 Å². The highest BCUT2D eigenvalue weighted by Crippen LogP contribution is 2.36. The number of carboxylic acid groups (broad SMARTS) is 1. The first-order valence-electron chi connectivity index (χ1n) is 9.73. The van der Waals surface area contributed by atoms with Crippen molar-refractivity contribution in [1.29, 1.82) is 0 Å². The van der Waals surface area contributed by atoms with E-state index >= 15 is 0 Å². The molecule has 1 fully saturated rings. The van der Waals surface area contributed by atoms with E-state index in [0.717, 1.165) is 11.1 Å². The molecule has 1 saturated heterocycles. The molecule has 1 aliphatic rings. The number of aromatic nitrogens is 2. The standard InChI is InChI=1S/C23H23N3O3/c27-21(19-9-7-18(8-10-19)17-26-14-4-13-24-26)25-15-11-23(12-16-25,22(28)29)20-5-2-1-3-6-20/h1-10,13-14H,11-12,15-17H2,(H,28,29). The zero-order valence-electron chi connectivity index (χ0n) is 16.1.